The number of amides is 1. The quantitative estimate of drug-likeness (QED) is 0.773. The van der Waals surface area contributed by atoms with Crippen molar-refractivity contribution in [2.45, 2.75) is 19.9 Å². The van der Waals surface area contributed by atoms with E-state index in [1.807, 2.05) is 44.2 Å². The van der Waals surface area contributed by atoms with Gasteiger partial charge < -0.3 is 15.7 Å². The molecule has 108 valence electrons. The van der Waals surface area contributed by atoms with Gasteiger partial charge in [-0.05, 0) is 37.6 Å². The number of aromatic hydroxyl groups is 1. The van der Waals surface area contributed by atoms with Crippen molar-refractivity contribution < 1.29 is 9.90 Å². The van der Waals surface area contributed by atoms with E-state index in [-0.39, 0.29) is 11.7 Å². The van der Waals surface area contributed by atoms with Crippen molar-refractivity contribution in [1.82, 2.24) is 0 Å². The Labute approximate surface area is 131 Å². The van der Waals surface area contributed by atoms with E-state index in [0.717, 1.165) is 32.5 Å². The Kier molecular flexibility index (Phi) is 3.37. The lowest BCUT2D eigenvalue weighted by molar-refractivity contribution is -0.116. The predicted octanol–water partition coefficient (Wildman–Crippen LogP) is 3.88. The van der Waals surface area contributed by atoms with E-state index in [2.05, 4.69) is 26.6 Å². The van der Waals surface area contributed by atoms with Gasteiger partial charge in [0.2, 0.25) is 0 Å². The third kappa shape index (κ3) is 2.27. The van der Waals surface area contributed by atoms with Crippen LogP contribution >= 0.6 is 15.9 Å². The smallest absolute Gasteiger partial charge is 0.251 e. The maximum absolute atomic E-state index is 12.2. The van der Waals surface area contributed by atoms with Gasteiger partial charge >= 0.3 is 0 Å². The SMILES string of the molecule is Cc1ccc(NC2C(=O)Nc3cccc(Br)c32)c(C)c1O. The highest BCUT2D eigenvalue weighted by Gasteiger charge is 2.32. The van der Waals surface area contributed by atoms with Gasteiger partial charge in [0.25, 0.3) is 5.91 Å². The fourth-order valence-corrected chi connectivity index (χ4v) is 3.16. The molecule has 0 saturated carbocycles. The van der Waals surface area contributed by atoms with Crippen LogP contribution < -0.4 is 10.6 Å². The second kappa shape index (κ2) is 5.07. The van der Waals surface area contributed by atoms with Crippen LogP contribution in [0, 0.1) is 13.8 Å². The molecular formula is C16H15BrN2O2. The molecule has 0 saturated heterocycles. The van der Waals surface area contributed by atoms with Gasteiger partial charge in [-0.25, -0.2) is 0 Å². The predicted molar refractivity (Wildman–Crippen MR) is 86.7 cm³/mol. The normalized spacial score (nSPS) is 16.5. The van der Waals surface area contributed by atoms with Gasteiger partial charge in [0.05, 0.1) is 0 Å². The second-order valence-electron chi connectivity index (χ2n) is 5.17. The fourth-order valence-electron chi connectivity index (χ4n) is 2.56. The molecule has 1 atom stereocenters. The minimum absolute atomic E-state index is 0.101. The maximum atomic E-state index is 12.2. The number of fused-ring (bicyclic) bond motifs is 1. The zero-order valence-electron chi connectivity index (χ0n) is 11.7. The molecule has 2 aromatic rings. The van der Waals surface area contributed by atoms with Gasteiger partial charge in [-0.3, -0.25) is 4.79 Å². The molecule has 0 bridgehead atoms. The summed E-state index contributed by atoms with van der Waals surface area (Å²) in [6.45, 7) is 3.68. The Bertz CT molecular complexity index is 743. The average Bonchev–Trinajstić information content (AvgIpc) is 2.77. The summed E-state index contributed by atoms with van der Waals surface area (Å²) < 4.78 is 0.879. The van der Waals surface area contributed by atoms with Gasteiger partial charge in [0, 0.05) is 27.0 Å². The average molecular weight is 347 g/mol. The van der Waals surface area contributed by atoms with E-state index in [4.69, 9.17) is 0 Å². The molecule has 0 spiro atoms. The maximum Gasteiger partial charge on any atom is 0.251 e. The van der Waals surface area contributed by atoms with E-state index in [1.54, 1.807) is 0 Å². The standard InChI is InChI=1S/C16H15BrN2O2/c1-8-6-7-11(9(2)15(8)20)18-14-13-10(17)4-3-5-12(13)19-16(14)21/h3-7,14,18,20H,1-2H3,(H,19,21). The molecule has 0 aromatic heterocycles. The summed E-state index contributed by atoms with van der Waals surface area (Å²) in [5.74, 6) is 0.155. The molecule has 0 radical (unpaired) electrons. The number of carbonyl (C=O) groups excluding carboxylic acids is 1. The number of phenols is 1. The Morgan fingerprint density at radius 2 is 2.00 bits per heavy atom. The summed E-state index contributed by atoms with van der Waals surface area (Å²) in [7, 11) is 0. The van der Waals surface area contributed by atoms with Crippen molar-refractivity contribution >= 4 is 33.2 Å². The van der Waals surface area contributed by atoms with E-state index in [1.165, 1.54) is 0 Å². The van der Waals surface area contributed by atoms with Crippen molar-refractivity contribution in [1.29, 1.82) is 0 Å². The summed E-state index contributed by atoms with van der Waals surface area (Å²) in [5.41, 5.74) is 4.00. The Balaban J connectivity index is 2.01. The Morgan fingerprint density at radius 3 is 2.76 bits per heavy atom. The number of anilines is 2. The number of rotatable bonds is 2. The number of phenolic OH excluding ortho intramolecular Hbond substituents is 1. The fraction of sp³-hybridized carbons (Fsp3) is 0.188. The summed E-state index contributed by atoms with van der Waals surface area (Å²) in [5, 5.41) is 16.1. The first-order valence-corrected chi connectivity index (χ1v) is 7.43. The number of aryl methyl sites for hydroxylation is 1. The third-order valence-corrected chi connectivity index (χ3v) is 4.49. The lowest BCUT2D eigenvalue weighted by Gasteiger charge is -2.17. The van der Waals surface area contributed by atoms with E-state index < -0.39 is 6.04 Å². The molecule has 5 heteroatoms. The minimum atomic E-state index is -0.476. The first kappa shape index (κ1) is 13.9. The number of halogens is 1. The van der Waals surface area contributed by atoms with Gasteiger partial charge in [0.1, 0.15) is 11.8 Å². The van der Waals surface area contributed by atoms with Crippen LogP contribution in [-0.4, -0.2) is 11.0 Å². The molecule has 21 heavy (non-hydrogen) atoms. The highest BCUT2D eigenvalue weighted by atomic mass is 79.9. The van der Waals surface area contributed by atoms with Crippen molar-refractivity contribution in [2.24, 2.45) is 0 Å². The van der Waals surface area contributed by atoms with Gasteiger partial charge in [-0.15, -0.1) is 0 Å². The van der Waals surface area contributed by atoms with E-state index >= 15 is 0 Å². The molecular weight excluding hydrogens is 332 g/mol. The molecule has 2 aromatic carbocycles. The van der Waals surface area contributed by atoms with Crippen LogP contribution in [0.3, 0.4) is 0 Å². The van der Waals surface area contributed by atoms with Crippen LogP contribution in [0.5, 0.6) is 5.75 Å². The molecule has 1 aliphatic heterocycles. The number of nitrogens with one attached hydrogen (secondary N) is 2. The Morgan fingerprint density at radius 1 is 1.24 bits per heavy atom. The number of carbonyl (C=O) groups is 1. The molecule has 4 nitrogen and oxygen atoms in total. The van der Waals surface area contributed by atoms with Crippen LogP contribution in [0.1, 0.15) is 22.7 Å². The molecule has 1 amide bonds. The summed E-state index contributed by atoms with van der Waals surface area (Å²) in [6, 6.07) is 8.91. The van der Waals surface area contributed by atoms with Crippen LogP contribution in [0.2, 0.25) is 0 Å². The highest BCUT2D eigenvalue weighted by molar-refractivity contribution is 9.10. The first-order chi connectivity index (χ1) is 9.99. The second-order valence-corrected chi connectivity index (χ2v) is 6.03. The van der Waals surface area contributed by atoms with Crippen molar-refractivity contribution in [3.05, 3.63) is 51.5 Å². The summed E-state index contributed by atoms with van der Waals surface area (Å²) in [6.07, 6.45) is 0. The topological polar surface area (TPSA) is 61.4 Å². The van der Waals surface area contributed by atoms with Crippen LogP contribution in [0.25, 0.3) is 0 Å². The van der Waals surface area contributed by atoms with Crippen molar-refractivity contribution in [2.75, 3.05) is 10.6 Å². The molecule has 1 aliphatic rings. The van der Waals surface area contributed by atoms with Crippen LogP contribution in [0.15, 0.2) is 34.8 Å². The molecule has 1 heterocycles. The number of hydrogen-bond acceptors (Lipinski definition) is 3. The molecule has 0 aliphatic carbocycles. The van der Waals surface area contributed by atoms with Gasteiger partial charge in [-0.2, -0.15) is 0 Å². The Hall–Kier alpha value is -2.01. The molecule has 3 rings (SSSR count). The lowest BCUT2D eigenvalue weighted by atomic mass is 10.1. The summed E-state index contributed by atoms with van der Waals surface area (Å²) >= 11 is 3.49. The largest absolute Gasteiger partial charge is 0.507 e. The minimum Gasteiger partial charge on any atom is -0.507 e. The first-order valence-electron chi connectivity index (χ1n) is 6.64. The highest BCUT2D eigenvalue weighted by Crippen LogP contribution is 2.39. The van der Waals surface area contributed by atoms with Gasteiger partial charge in [-0.1, -0.05) is 28.1 Å². The van der Waals surface area contributed by atoms with Crippen molar-refractivity contribution in [3.63, 3.8) is 0 Å². The monoisotopic (exact) mass is 346 g/mol. The molecule has 0 fully saturated rings. The zero-order valence-corrected chi connectivity index (χ0v) is 13.3. The van der Waals surface area contributed by atoms with E-state index in [9.17, 15) is 9.90 Å². The van der Waals surface area contributed by atoms with Crippen LogP contribution in [0.4, 0.5) is 11.4 Å². The van der Waals surface area contributed by atoms with Crippen molar-refractivity contribution in [3.8, 4) is 5.75 Å². The molecule has 1 unspecified atom stereocenters. The zero-order chi connectivity index (χ0) is 15.1. The number of benzene rings is 2. The van der Waals surface area contributed by atoms with Crippen LogP contribution in [-0.2, 0) is 4.79 Å². The third-order valence-electron chi connectivity index (χ3n) is 3.79. The molecule has 3 N–H and O–H groups in total. The van der Waals surface area contributed by atoms with E-state index in [0.29, 0.717) is 0 Å². The number of hydrogen-bond donors (Lipinski definition) is 3. The van der Waals surface area contributed by atoms with Gasteiger partial charge in [0.15, 0.2) is 0 Å². The summed E-state index contributed by atoms with van der Waals surface area (Å²) in [4.78, 5) is 12.2. The lowest BCUT2D eigenvalue weighted by Crippen LogP contribution is -2.20.